The van der Waals surface area contributed by atoms with Crippen molar-refractivity contribution in [3.05, 3.63) is 64.2 Å². The van der Waals surface area contributed by atoms with Gasteiger partial charge in [-0.15, -0.1) is 0 Å². The predicted octanol–water partition coefficient (Wildman–Crippen LogP) is 4.75. The summed E-state index contributed by atoms with van der Waals surface area (Å²) >= 11 is 6.28. The molecule has 1 unspecified atom stereocenters. The van der Waals surface area contributed by atoms with Crippen LogP contribution in [0.2, 0.25) is 5.02 Å². The number of nitrogens with one attached hydrogen (secondary N) is 1. The van der Waals surface area contributed by atoms with E-state index in [4.69, 9.17) is 16.3 Å². The minimum absolute atomic E-state index is 0.148. The molecule has 0 spiro atoms. The normalized spacial score (nSPS) is 12.2. The SMILES string of the molecule is CCCNC(c1ccc(OC)c(Cl)c1)c1ccccc1C. The highest BCUT2D eigenvalue weighted by molar-refractivity contribution is 6.32. The Labute approximate surface area is 132 Å². The molecule has 0 aliphatic heterocycles. The Kier molecular flexibility index (Phi) is 5.66. The van der Waals surface area contributed by atoms with Crippen molar-refractivity contribution in [3.8, 4) is 5.75 Å². The molecule has 0 aromatic heterocycles. The third kappa shape index (κ3) is 3.78. The Balaban J connectivity index is 2.40. The van der Waals surface area contributed by atoms with Crippen molar-refractivity contribution in [2.24, 2.45) is 0 Å². The fraction of sp³-hybridized carbons (Fsp3) is 0.333. The molecule has 3 heteroatoms. The monoisotopic (exact) mass is 303 g/mol. The van der Waals surface area contributed by atoms with Crippen LogP contribution in [-0.2, 0) is 0 Å². The lowest BCUT2D eigenvalue weighted by Gasteiger charge is -2.22. The quantitative estimate of drug-likeness (QED) is 0.832. The van der Waals surface area contributed by atoms with E-state index in [9.17, 15) is 0 Å². The van der Waals surface area contributed by atoms with Crippen LogP contribution in [0.4, 0.5) is 0 Å². The Hall–Kier alpha value is -1.51. The molecule has 2 rings (SSSR count). The van der Waals surface area contributed by atoms with E-state index in [0.29, 0.717) is 10.8 Å². The number of ether oxygens (including phenoxy) is 1. The first-order valence-corrected chi connectivity index (χ1v) is 7.67. The van der Waals surface area contributed by atoms with Gasteiger partial charge in [0.2, 0.25) is 0 Å². The molecule has 2 nitrogen and oxygen atoms in total. The second-order valence-corrected chi connectivity index (χ2v) is 5.54. The van der Waals surface area contributed by atoms with Gasteiger partial charge >= 0.3 is 0 Å². The molecule has 1 N–H and O–H groups in total. The first-order chi connectivity index (χ1) is 10.2. The first-order valence-electron chi connectivity index (χ1n) is 7.29. The van der Waals surface area contributed by atoms with Gasteiger partial charge in [-0.3, -0.25) is 0 Å². The van der Waals surface area contributed by atoms with Crippen molar-refractivity contribution in [2.45, 2.75) is 26.3 Å². The van der Waals surface area contributed by atoms with Crippen LogP contribution in [0.3, 0.4) is 0 Å². The van der Waals surface area contributed by atoms with E-state index in [1.165, 1.54) is 11.1 Å². The molecule has 1 atom stereocenters. The maximum absolute atomic E-state index is 6.28. The lowest BCUT2D eigenvalue weighted by Crippen LogP contribution is -2.23. The number of methoxy groups -OCH3 is 1. The molecule has 0 aliphatic carbocycles. The second-order valence-electron chi connectivity index (χ2n) is 5.14. The van der Waals surface area contributed by atoms with E-state index in [2.05, 4.69) is 49.5 Å². The largest absolute Gasteiger partial charge is 0.495 e. The zero-order valence-corrected chi connectivity index (χ0v) is 13.6. The Bertz CT molecular complexity index is 598. The molecule has 112 valence electrons. The number of halogens is 1. The molecule has 0 saturated carbocycles. The summed E-state index contributed by atoms with van der Waals surface area (Å²) in [6, 6.07) is 14.6. The minimum Gasteiger partial charge on any atom is -0.495 e. The van der Waals surface area contributed by atoms with Gasteiger partial charge in [0.25, 0.3) is 0 Å². The van der Waals surface area contributed by atoms with E-state index >= 15 is 0 Å². The van der Waals surface area contributed by atoms with Gasteiger partial charge < -0.3 is 10.1 Å². The van der Waals surface area contributed by atoms with Crippen LogP contribution in [0.25, 0.3) is 0 Å². The maximum Gasteiger partial charge on any atom is 0.137 e. The third-order valence-electron chi connectivity index (χ3n) is 3.61. The van der Waals surface area contributed by atoms with E-state index in [-0.39, 0.29) is 6.04 Å². The highest BCUT2D eigenvalue weighted by Crippen LogP contribution is 2.31. The standard InChI is InChI=1S/C18H22ClNO/c1-4-11-20-18(15-8-6-5-7-13(15)2)14-9-10-17(21-3)16(19)12-14/h5-10,12,18,20H,4,11H2,1-3H3. The number of hydrogen-bond donors (Lipinski definition) is 1. The third-order valence-corrected chi connectivity index (χ3v) is 3.90. The van der Waals surface area contributed by atoms with Crippen LogP contribution in [-0.4, -0.2) is 13.7 Å². The van der Waals surface area contributed by atoms with Crippen molar-refractivity contribution in [1.29, 1.82) is 0 Å². The summed E-state index contributed by atoms with van der Waals surface area (Å²) < 4.78 is 5.24. The van der Waals surface area contributed by atoms with Gasteiger partial charge in [-0.05, 0) is 48.7 Å². The minimum atomic E-state index is 0.148. The zero-order valence-electron chi connectivity index (χ0n) is 12.8. The summed E-state index contributed by atoms with van der Waals surface area (Å²) in [5, 5.41) is 4.25. The molecule has 21 heavy (non-hydrogen) atoms. The van der Waals surface area contributed by atoms with Gasteiger partial charge in [-0.1, -0.05) is 48.9 Å². The first kappa shape index (κ1) is 15.9. The van der Waals surface area contributed by atoms with Gasteiger partial charge in [0.1, 0.15) is 5.75 Å². The second kappa shape index (κ2) is 7.48. The van der Waals surface area contributed by atoms with E-state index in [0.717, 1.165) is 18.5 Å². The summed E-state index contributed by atoms with van der Waals surface area (Å²) in [6.07, 6.45) is 1.09. The average Bonchev–Trinajstić information content (AvgIpc) is 2.49. The average molecular weight is 304 g/mol. The number of benzene rings is 2. The molecule has 0 saturated heterocycles. The number of rotatable bonds is 6. The van der Waals surface area contributed by atoms with Crippen molar-refractivity contribution in [1.82, 2.24) is 5.32 Å². The summed E-state index contributed by atoms with van der Waals surface area (Å²) in [5.41, 5.74) is 3.72. The van der Waals surface area contributed by atoms with Crippen LogP contribution in [0, 0.1) is 6.92 Å². The number of aryl methyl sites for hydroxylation is 1. The molecule has 0 amide bonds. The molecule has 0 fully saturated rings. The van der Waals surface area contributed by atoms with Crippen LogP contribution in [0.1, 0.15) is 36.1 Å². The molecule has 0 radical (unpaired) electrons. The molecule has 0 heterocycles. The van der Waals surface area contributed by atoms with Crippen LogP contribution < -0.4 is 10.1 Å². The highest BCUT2D eigenvalue weighted by Gasteiger charge is 2.16. The maximum atomic E-state index is 6.28. The predicted molar refractivity (Wildman–Crippen MR) is 89.3 cm³/mol. The summed E-state index contributed by atoms with van der Waals surface area (Å²) in [7, 11) is 1.63. The smallest absolute Gasteiger partial charge is 0.137 e. The molecule has 2 aromatic carbocycles. The van der Waals surface area contributed by atoms with Crippen molar-refractivity contribution >= 4 is 11.6 Å². The summed E-state index contributed by atoms with van der Waals surface area (Å²) in [4.78, 5) is 0. The fourth-order valence-electron chi connectivity index (χ4n) is 2.47. The van der Waals surface area contributed by atoms with Gasteiger partial charge in [0, 0.05) is 0 Å². The Morgan fingerprint density at radius 3 is 2.57 bits per heavy atom. The fourth-order valence-corrected chi connectivity index (χ4v) is 2.74. The van der Waals surface area contributed by atoms with Crippen molar-refractivity contribution in [3.63, 3.8) is 0 Å². The van der Waals surface area contributed by atoms with Crippen LogP contribution >= 0.6 is 11.6 Å². The molecule has 0 bridgehead atoms. The van der Waals surface area contributed by atoms with Crippen molar-refractivity contribution < 1.29 is 4.74 Å². The topological polar surface area (TPSA) is 21.3 Å². The molecular weight excluding hydrogens is 282 g/mol. The molecular formula is C18H22ClNO. The van der Waals surface area contributed by atoms with Gasteiger partial charge in [0.15, 0.2) is 0 Å². The van der Waals surface area contributed by atoms with E-state index in [1.807, 2.05) is 12.1 Å². The lowest BCUT2D eigenvalue weighted by molar-refractivity contribution is 0.414. The summed E-state index contributed by atoms with van der Waals surface area (Å²) in [5.74, 6) is 0.708. The molecule has 2 aromatic rings. The molecule has 0 aliphatic rings. The summed E-state index contributed by atoms with van der Waals surface area (Å²) in [6.45, 7) is 5.27. The zero-order chi connectivity index (χ0) is 15.2. The van der Waals surface area contributed by atoms with Crippen LogP contribution in [0.15, 0.2) is 42.5 Å². The van der Waals surface area contributed by atoms with Gasteiger partial charge in [0.05, 0.1) is 18.2 Å². The lowest BCUT2D eigenvalue weighted by atomic mass is 9.95. The van der Waals surface area contributed by atoms with E-state index in [1.54, 1.807) is 7.11 Å². The highest BCUT2D eigenvalue weighted by atomic mass is 35.5. The van der Waals surface area contributed by atoms with Crippen LogP contribution in [0.5, 0.6) is 5.75 Å². The van der Waals surface area contributed by atoms with E-state index < -0.39 is 0 Å². The van der Waals surface area contributed by atoms with Gasteiger partial charge in [-0.2, -0.15) is 0 Å². The Morgan fingerprint density at radius 1 is 1.19 bits per heavy atom. The van der Waals surface area contributed by atoms with Crippen molar-refractivity contribution in [2.75, 3.05) is 13.7 Å². The number of hydrogen-bond acceptors (Lipinski definition) is 2. The van der Waals surface area contributed by atoms with Gasteiger partial charge in [-0.25, -0.2) is 0 Å². The Morgan fingerprint density at radius 2 is 1.95 bits per heavy atom.